The predicted molar refractivity (Wildman–Crippen MR) is 288 cm³/mol. The van der Waals surface area contributed by atoms with Gasteiger partial charge >= 0.3 is 25.7 Å². The van der Waals surface area contributed by atoms with Crippen molar-refractivity contribution >= 4 is 25.7 Å². The molecular formula is C58H99O11P. The molecule has 0 aromatic heterocycles. The normalized spacial score (nSPS) is 14.1. The van der Waals surface area contributed by atoms with Crippen LogP contribution in [-0.4, -0.2) is 66.5 Å². The Morgan fingerprint density at radius 1 is 0.414 bits per heavy atom. The number of allylic oxidation sites excluding steroid dienone is 14. The lowest BCUT2D eigenvalue weighted by Crippen LogP contribution is -2.30. The molecule has 402 valence electrons. The molecule has 2 N–H and O–H groups in total. The van der Waals surface area contributed by atoms with Crippen LogP contribution in [0.4, 0.5) is 0 Å². The highest BCUT2D eigenvalue weighted by molar-refractivity contribution is 7.47. The molecule has 0 aromatic rings. The molecule has 0 aliphatic heterocycles. The Balaban J connectivity index is 4.82. The van der Waals surface area contributed by atoms with E-state index < -0.39 is 57.8 Å². The zero-order valence-corrected chi connectivity index (χ0v) is 45.1. The number of hydrogen-bond acceptors (Lipinski definition) is 10. The van der Waals surface area contributed by atoms with E-state index in [1.54, 1.807) is 0 Å². The number of aliphatic hydroxyl groups is 1. The molecule has 0 bridgehead atoms. The van der Waals surface area contributed by atoms with Gasteiger partial charge in [0.25, 0.3) is 0 Å². The van der Waals surface area contributed by atoms with Crippen molar-refractivity contribution in [1.29, 1.82) is 0 Å². The summed E-state index contributed by atoms with van der Waals surface area (Å²) in [5, 5.41) is 9.78. The second-order valence-electron chi connectivity index (χ2n) is 18.0. The summed E-state index contributed by atoms with van der Waals surface area (Å²) in [4.78, 5) is 48.4. The summed E-state index contributed by atoms with van der Waals surface area (Å²) in [6.07, 6.45) is 58.3. The van der Waals surface area contributed by atoms with E-state index in [0.717, 1.165) is 135 Å². The average Bonchev–Trinajstić information content (AvgIpc) is 3.35. The molecule has 0 spiro atoms. The Hall–Kier alpha value is -3.34. The minimum atomic E-state index is -4.76. The standard InChI is InChI=1S/C58H99O11P/c1-4-7-10-13-16-19-22-24-26-27-29-31-34-37-40-43-46-49-58(62)69-55(51-65-56(60)47-44-41-38-35-33-30-28-25-23-20-17-14-11-8-5-2)53-67-70(63,64)66-52-54(50-59)68-57(61)48-45-42-39-36-32-21-18-15-12-9-6-3/h7,10,15-20,24-26,28-29,31,54-55,59H,4-6,8-9,11-14,21-23,27,30,32-53H2,1-3H3,(H,63,64)/b10-7-,18-15-,19-16-,20-17-,26-24-,28-25-,31-29-. The van der Waals surface area contributed by atoms with Crippen LogP contribution in [0.25, 0.3) is 0 Å². The van der Waals surface area contributed by atoms with Gasteiger partial charge < -0.3 is 24.2 Å². The maximum absolute atomic E-state index is 12.9. The minimum absolute atomic E-state index is 0.133. The van der Waals surface area contributed by atoms with Crippen LogP contribution >= 0.6 is 7.82 Å². The molecule has 0 fully saturated rings. The third-order valence-corrected chi connectivity index (χ3v) is 12.2. The number of esters is 3. The van der Waals surface area contributed by atoms with E-state index in [1.807, 2.05) is 0 Å². The van der Waals surface area contributed by atoms with E-state index in [4.69, 9.17) is 23.3 Å². The number of phosphoric ester groups is 1. The lowest BCUT2D eigenvalue weighted by atomic mass is 10.1. The average molecular weight is 1000 g/mol. The van der Waals surface area contributed by atoms with Gasteiger partial charge in [-0.1, -0.05) is 183 Å². The summed E-state index contributed by atoms with van der Waals surface area (Å²) in [5.41, 5.74) is 0. The van der Waals surface area contributed by atoms with Gasteiger partial charge in [-0.05, 0) is 109 Å². The van der Waals surface area contributed by atoms with Crippen LogP contribution in [0.15, 0.2) is 85.1 Å². The molecule has 3 unspecified atom stereocenters. The Bertz CT molecular complexity index is 1500. The summed E-state index contributed by atoms with van der Waals surface area (Å²) in [7, 11) is -4.76. The van der Waals surface area contributed by atoms with Crippen molar-refractivity contribution in [3.63, 3.8) is 0 Å². The molecular weight excluding hydrogens is 904 g/mol. The van der Waals surface area contributed by atoms with Gasteiger partial charge in [0, 0.05) is 19.3 Å². The van der Waals surface area contributed by atoms with Crippen molar-refractivity contribution in [3.05, 3.63) is 85.1 Å². The van der Waals surface area contributed by atoms with Gasteiger partial charge in [-0.15, -0.1) is 0 Å². The summed E-state index contributed by atoms with van der Waals surface area (Å²) < 4.78 is 39.4. The molecule has 11 nitrogen and oxygen atoms in total. The van der Waals surface area contributed by atoms with Crippen LogP contribution in [0.3, 0.4) is 0 Å². The molecule has 0 rings (SSSR count). The maximum atomic E-state index is 12.9. The van der Waals surface area contributed by atoms with Crippen molar-refractivity contribution in [3.8, 4) is 0 Å². The summed E-state index contributed by atoms with van der Waals surface area (Å²) in [6, 6.07) is 0. The van der Waals surface area contributed by atoms with Crippen LogP contribution in [0, 0.1) is 0 Å². The van der Waals surface area contributed by atoms with Gasteiger partial charge in [-0.2, -0.15) is 0 Å². The van der Waals surface area contributed by atoms with Gasteiger partial charge in [0.05, 0.1) is 19.8 Å². The van der Waals surface area contributed by atoms with Crippen LogP contribution in [0.1, 0.15) is 226 Å². The summed E-state index contributed by atoms with van der Waals surface area (Å²) in [5.74, 6) is -1.52. The second kappa shape index (κ2) is 52.0. The monoisotopic (exact) mass is 1000 g/mol. The second-order valence-corrected chi connectivity index (χ2v) is 19.5. The quantitative estimate of drug-likeness (QED) is 0.0197. The zero-order valence-electron chi connectivity index (χ0n) is 44.2. The Kier molecular flexibility index (Phi) is 49.5. The number of hydrogen-bond donors (Lipinski definition) is 2. The van der Waals surface area contributed by atoms with E-state index in [2.05, 4.69) is 106 Å². The SMILES string of the molecule is CC/C=C\C/C=C\C/C=C\C/C=C\CCCCCCC(=O)OC(COC(=O)CCCCCCC/C=C\C/C=C\CCCCC)COP(=O)(O)OCC(CO)OC(=O)CCCCCCC/C=C\CCCC. The molecule has 0 aliphatic rings. The molecule has 12 heteroatoms. The first kappa shape index (κ1) is 66.7. The van der Waals surface area contributed by atoms with Gasteiger partial charge in [0.2, 0.25) is 0 Å². The van der Waals surface area contributed by atoms with Crippen LogP contribution in [0.5, 0.6) is 0 Å². The highest BCUT2D eigenvalue weighted by Crippen LogP contribution is 2.43. The highest BCUT2D eigenvalue weighted by Gasteiger charge is 2.28. The first-order valence-electron chi connectivity index (χ1n) is 27.5. The van der Waals surface area contributed by atoms with E-state index in [1.165, 1.54) is 32.1 Å². The summed E-state index contributed by atoms with van der Waals surface area (Å²) in [6.45, 7) is 4.40. The van der Waals surface area contributed by atoms with Crippen LogP contribution < -0.4 is 0 Å². The number of carbonyl (C=O) groups is 3. The number of unbranched alkanes of at least 4 members (excludes halogenated alkanes) is 19. The van der Waals surface area contributed by atoms with E-state index >= 15 is 0 Å². The zero-order chi connectivity index (χ0) is 51.3. The molecule has 0 aromatic carbocycles. The molecule has 0 saturated carbocycles. The first-order chi connectivity index (χ1) is 34.2. The van der Waals surface area contributed by atoms with Gasteiger partial charge in [-0.3, -0.25) is 23.4 Å². The molecule has 0 aliphatic carbocycles. The fraction of sp³-hybridized carbons (Fsp3) is 0.707. The topological polar surface area (TPSA) is 155 Å². The lowest BCUT2D eigenvalue weighted by molar-refractivity contribution is -0.161. The maximum Gasteiger partial charge on any atom is 0.472 e. The molecule has 0 amide bonds. The first-order valence-corrected chi connectivity index (χ1v) is 29.0. The number of ether oxygens (including phenoxy) is 3. The largest absolute Gasteiger partial charge is 0.472 e. The van der Waals surface area contributed by atoms with Gasteiger partial charge in [0.1, 0.15) is 12.7 Å². The van der Waals surface area contributed by atoms with E-state index in [9.17, 15) is 28.9 Å². The molecule has 0 heterocycles. The Morgan fingerprint density at radius 2 is 0.757 bits per heavy atom. The Morgan fingerprint density at radius 3 is 1.20 bits per heavy atom. The minimum Gasteiger partial charge on any atom is -0.462 e. The van der Waals surface area contributed by atoms with Crippen molar-refractivity contribution in [2.24, 2.45) is 0 Å². The molecule has 70 heavy (non-hydrogen) atoms. The fourth-order valence-corrected chi connectivity index (χ4v) is 7.85. The Labute approximate surface area is 426 Å². The fourth-order valence-electron chi connectivity index (χ4n) is 7.06. The molecule has 3 atom stereocenters. The van der Waals surface area contributed by atoms with E-state index in [0.29, 0.717) is 19.3 Å². The number of rotatable bonds is 50. The number of carbonyl (C=O) groups excluding carboxylic acids is 3. The predicted octanol–water partition coefficient (Wildman–Crippen LogP) is 15.9. The van der Waals surface area contributed by atoms with Crippen molar-refractivity contribution in [2.75, 3.05) is 26.4 Å². The van der Waals surface area contributed by atoms with Gasteiger partial charge in [0.15, 0.2) is 6.10 Å². The molecule has 0 saturated heterocycles. The van der Waals surface area contributed by atoms with Crippen LogP contribution in [-0.2, 0) is 42.2 Å². The van der Waals surface area contributed by atoms with Crippen molar-refractivity contribution in [1.82, 2.24) is 0 Å². The summed E-state index contributed by atoms with van der Waals surface area (Å²) >= 11 is 0. The third kappa shape index (κ3) is 49.6. The molecule has 0 radical (unpaired) electrons. The van der Waals surface area contributed by atoms with Crippen molar-refractivity contribution < 1.29 is 52.2 Å². The van der Waals surface area contributed by atoms with Gasteiger partial charge in [-0.25, -0.2) is 4.57 Å². The van der Waals surface area contributed by atoms with Crippen molar-refractivity contribution in [2.45, 2.75) is 238 Å². The third-order valence-electron chi connectivity index (χ3n) is 11.3. The van der Waals surface area contributed by atoms with Crippen LogP contribution in [0.2, 0.25) is 0 Å². The number of phosphoric acid groups is 1. The lowest BCUT2D eigenvalue weighted by Gasteiger charge is -2.21. The highest BCUT2D eigenvalue weighted by atomic mass is 31.2. The number of aliphatic hydroxyl groups excluding tert-OH is 1. The van der Waals surface area contributed by atoms with E-state index in [-0.39, 0.29) is 25.9 Å². The smallest absolute Gasteiger partial charge is 0.462 e.